The first-order chi connectivity index (χ1) is 20.3. The number of benzene rings is 3. The van der Waals surface area contributed by atoms with Crippen molar-refractivity contribution in [3.63, 3.8) is 0 Å². The minimum Gasteiger partial charge on any atom is -0.490 e. The van der Waals surface area contributed by atoms with E-state index < -0.39 is 0 Å². The van der Waals surface area contributed by atoms with Gasteiger partial charge in [-0.25, -0.2) is 4.98 Å². The standard InChI is InChI=1S/C32H32Br2N4O4/c1-3-41-28-16-21(15-25(34)30(28)42-19-29(39)36-26-12-8-7-9-20(26)2)18-35-38-31(22-10-5-4-6-11-22)37-27-14-13-23(33)17-24(27)32(38)40/h7-9,12-18,22H,3-6,10-11,19H2,1-2H3,(H,36,39). The monoisotopic (exact) mass is 694 g/mol. The number of carbonyl (C=O) groups is 1. The molecule has 5 rings (SSSR count). The predicted octanol–water partition coefficient (Wildman–Crippen LogP) is 7.58. The number of para-hydroxylation sites is 1. The molecule has 1 fully saturated rings. The third kappa shape index (κ3) is 6.93. The van der Waals surface area contributed by atoms with E-state index in [1.807, 2.05) is 56.3 Å². The average Bonchev–Trinajstić information content (AvgIpc) is 2.98. The minimum atomic E-state index is -0.283. The lowest BCUT2D eigenvalue weighted by atomic mass is 9.88. The molecule has 42 heavy (non-hydrogen) atoms. The van der Waals surface area contributed by atoms with E-state index in [1.54, 1.807) is 18.3 Å². The topological polar surface area (TPSA) is 94.8 Å². The summed E-state index contributed by atoms with van der Waals surface area (Å²) in [5.41, 5.74) is 2.86. The molecule has 218 valence electrons. The number of nitrogens with zero attached hydrogens (tertiary/aromatic N) is 3. The van der Waals surface area contributed by atoms with Gasteiger partial charge in [0.2, 0.25) is 0 Å². The Morgan fingerprint density at radius 2 is 1.88 bits per heavy atom. The molecule has 0 saturated heterocycles. The number of hydrogen-bond donors (Lipinski definition) is 1. The van der Waals surface area contributed by atoms with Crippen molar-refractivity contribution in [1.29, 1.82) is 0 Å². The Labute approximate surface area is 261 Å². The van der Waals surface area contributed by atoms with E-state index in [1.165, 1.54) is 11.1 Å². The summed E-state index contributed by atoms with van der Waals surface area (Å²) in [5.74, 6) is 1.44. The highest BCUT2D eigenvalue weighted by Gasteiger charge is 2.23. The number of fused-ring (bicyclic) bond motifs is 1. The largest absolute Gasteiger partial charge is 0.490 e. The molecule has 4 aromatic rings. The van der Waals surface area contributed by atoms with Crippen molar-refractivity contribution < 1.29 is 14.3 Å². The highest BCUT2D eigenvalue weighted by atomic mass is 79.9. The molecule has 1 amide bonds. The molecule has 0 atom stereocenters. The number of aryl methyl sites for hydroxylation is 1. The summed E-state index contributed by atoms with van der Waals surface area (Å²) in [6.45, 7) is 4.00. The Kier molecular flexibility index (Phi) is 9.74. The van der Waals surface area contributed by atoms with Gasteiger partial charge < -0.3 is 14.8 Å². The number of amides is 1. The summed E-state index contributed by atoms with van der Waals surface area (Å²) in [6, 6.07) is 16.7. The Morgan fingerprint density at radius 1 is 1.10 bits per heavy atom. The summed E-state index contributed by atoms with van der Waals surface area (Å²) in [7, 11) is 0. The van der Waals surface area contributed by atoms with Gasteiger partial charge in [-0.3, -0.25) is 9.59 Å². The number of nitrogens with one attached hydrogen (secondary N) is 1. The number of anilines is 1. The first-order valence-corrected chi connectivity index (χ1v) is 15.6. The van der Waals surface area contributed by atoms with E-state index in [2.05, 4.69) is 42.3 Å². The lowest BCUT2D eigenvalue weighted by molar-refractivity contribution is -0.118. The van der Waals surface area contributed by atoms with Crippen LogP contribution in [0.4, 0.5) is 5.69 Å². The summed E-state index contributed by atoms with van der Waals surface area (Å²) in [5, 5.41) is 8.03. The lowest BCUT2D eigenvalue weighted by Crippen LogP contribution is -2.25. The van der Waals surface area contributed by atoms with Gasteiger partial charge in [0.25, 0.3) is 11.5 Å². The summed E-state index contributed by atoms with van der Waals surface area (Å²) in [4.78, 5) is 31.2. The van der Waals surface area contributed by atoms with Gasteiger partial charge in [0.15, 0.2) is 18.1 Å². The van der Waals surface area contributed by atoms with Gasteiger partial charge in [0.1, 0.15) is 5.82 Å². The third-order valence-corrected chi connectivity index (χ3v) is 8.31. The molecule has 10 heteroatoms. The fourth-order valence-corrected chi connectivity index (χ4v) is 6.06. The number of aromatic nitrogens is 2. The summed E-state index contributed by atoms with van der Waals surface area (Å²) < 4.78 is 14.6. The van der Waals surface area contributed by atoms with E-state index in [0.717, 1.165) is 41.4 Å². The molecule has 0 unspecified atom stereocenters. The van der Waals surface area contributed by atoms with Crippen LogP contribution >= 0.6 is 31.9 Å². The van der Waals surface area contributed by atoms with Crippen molar-refractivity contribution in [2.75, 3.05) is 18.5 Å². The smallest absolute Gasteiger partial charge is 0.282 e. The molecule has 1 N–H and O–H groups in total. The molecule has 1 heterocycles. The van der Waals surface area contributed by atoms with Crippen molar-refractivity contribution in [2.24, 2.45) is 5.10 Å². The molecule has 1 aliphatic carbocycles. The molecule has 0 radical (unpaired) electrons. The average molecular weight is 696 g/mol. The van der Waals surface area contributed by atoms with Gasteiger partial charge in [-0.05, 0) is 90.1 Å². The first kappa shape index (κ1) is 30.0. The summed E-state index contributed by atoms with van der Waals surface area (Å²) >= 11 is 7.04. The number of ether oxygens (including phenoxy) is 2. The zero-order chi connectivity index (χ0) is 29.6. The van der Waals surface area contributed by atoms with E-state index in [4.69, 9.17) is 14.5 Å². The van der Waals surface area contributed by atoms with Crippen LogP contribution in [0.25, 0.3) is 10.9 Å². The van der Waals surface area contributed by atoms with E-state index in [9.17, 15) is 9.59 Å². The second kappa shape index (κ2) is 13.6. The van der Waals surface area contributed by atoms with Crippen LogP contribution in [0, 0.1) is 6.92 Å². The highest BCUT2D eigenvalue weighted by Crippen LogP contribution is 2.37. The van der Waals surface area contributed by atoms with Crippen LogP contribution in [0.1, 0.15) is 61.9 Å². The molecular formula is C32H32Br2N4O4. The van der Waals surface area contributed by atoms with Crippen molar-refractivity contribution in [2.45, 2.75) is 51.9 Å². The van der Waals surface area contributed by atoms with Crippen molar-refractivity contribution in [3.8, 4) is 11.5 Å². The maximum absolute atomic E-state index is 13.7. The molecule has 0 spiro atoms. The van der Waals surface area contributed by atoms with Gasteiger partial charge in [-0.2, -0.15) is 9.78 Å². The van der Waals surface area contributed by atoms with Crippen LogP contribution in [0.3, 0.4) is 0 Å². The fraction of sp³-hybridized carbons (Fsp3) is 0.312. The van der Waals surface area contributed by atoms with Gasteiger partial charge in [-0.1, -0.05) is 53.4 Å². The van der Waals surface area contributed by atoms with Gasteiger partial charge in [-0.15, -0.1) is 0 Å². The number of halogens is 2. The quantitative estimate of drug-likeness (QED) is 0.182. The first-order valence-electron chi connectivity index (χ1n) is 14.0. The SMILES string of the molecule is CCOc1cc(C=Nn2c(C3CCCCC3)nc3ccc(Br)cc3c2=O)cc(Br)c1OCC(=O)Nc1ccccc1C. The van der Waals surface area contributed by atoms with Gasteiger partial charge in [0.05, 0.1) is 28.2 Å². The van der Waals surface area contributed by atoms with Crippen LogP contribution in [-0.4, -0.2) is 35.0 Å². The molecule has 8 nitrogen and oxygen atoms in total. The van der Waals surface area contributed by atoms with Gasteiger partial charge >= 0.3 is 0 Å². The molecule has 0 bridgehead atoms. The Bertz CT molecular complexity index is 1700. The molecule has 0 aliphatic heterocycles. The van der Waals surface area contributed by atoms with Crippen LogP contribution in [0.15, 0.2) is 73.4 Å². The number of carbonyl (C=O) groups excluding carboxylic acids is 1. The lowest BCUT2D eigenvalue weighted by Gasteiger charge is -2.22. The van der Waals surface area contributed by atoms with Crippen molar-refractivity contribution >= 4 is 60.6 Å². The number of hydrogen-bond acceptors (Lipinski definition) is 6. The highest BCUT2D eigenvalue weighted by molar-refractivity contribution is 9.10. The zero-order valence-corrected chi connectivity index (χ0v) is 26.7. The van der Waals surface area contributed by atoms with Crippen molar-refractivity contribution in [3.05, 3.63) is 90.8 Å². The Hall–Kier alpha value is -3.50. The Morgan fingerprint density at radius 3 is 2.64 bits per heavy atom. The Balaban J connectivity index is 1.44. The van der Waals surface area contributed by atoms with E-state index in [0.29, 0.717) is 44.9 Å². The third-order valence-electron chi connectivity index (χ3n) is 7.22. The second-order valence-corrected chi connectivity index (χ2v) is 12.0. The van der Waals surface area contributed by atoms with Crippen LogP contribution < -0.4 is 20.3 Å². The van der Waals surface area contributed by atoms with Crippen LogP contribution in [0.2, 0.25) is 0 Å². The van der Waals surface area contributed by atoms with E-state index >= 15 is 0 Å². The molecular weight excluding hydrogens is 664 g/mol. The molecule has 3 aromatic carbocycles. The fourth-order valence-electron chi connectivity index (χ4n) is 5.13. The van der Waals surface area contributed by atoms with Gasteiger partial charge in [0, 0.05) is 16.1 Å². The molecule has 1 aromatic heterocycles. The van der Waals surface area contributed by atoms with Crippen LogP contribution in [0.5, 0.6) is 11.5 Å². The maximum atomic E-state index is 13.7. The second-order valence-electron chi connectivity index (χ2n) is 10.2. The summed E-state index contributed by atoms with van der Waals surface area (Å²) in [6.07, 6.45) is 7.00. The zero-order valence-electron chi connectivity index (χ0n) is 23.5. The van der Waals surface area contributed by atoms with Crippen molar-refractivity contribution in [1.82, 2.24) is 9.66 Å². The molecule has 1 aliphatic rings. The van der Waals surface area contributed by atoms with Crippen LogP contribution in [-0.2, 0) is 4.79 Å². The molecule has 1 saturated carbocycles. The van der Waals surface area contributed by atoms with E-state index in [-0.39, 0.29) is 24.0 Å². The number of rotatable bonds is 9. The minimum absolute atomic E-state index is 0.170. The maximum Gasteiger partial charge on any atom is 0.282 e. The predicted molar refractivity (Wildman–Crippen MR) is 173 cm³/mol. The normalized spacial score (nSPS) is 13.9.